The molecule has 2 aromatic carbocycles. The number of rotatable bonds is 5. The third-order valence-corrected chi connectivity index (χ3v) is 4.50. The molecule has 0 unspecified atom stereocenters. The summed E-state index contributed by atoms with van der Waals surface area (Å²) in [5, 5.41) is 8.23. The molecule has 134 valence electrons. The van der Waals surface area contributed by atoms with Crippen LogP contribution >= 0.6 is 11.3 Å². The number of nitrogens with zero attached hydrogens (tertiary/aromatic N) is 1. The molecule has 3 amide bonds. The first-order chi connectivity index (χ1) is 12.5. The Morgan fingerprint density at radius 1 is 1.12 bits per heavy atom. The van der Waals surface area contributed by atoms with Gasteiger partial charge >= 0.3 is 6.03 Å². The topological polar surface area (TPSA) is 83.1 Å². The number of halogens is 1. The maximum atomic E-state index is 12.8. The number of urea groups is 1. The Bertz CT molecular complexity index is 940. The highest BCUT2D eigenvalue weighted by atomic mass is 32.1. The number of benzene rings is 2. The van der Waals surface area contributed by atoms with Crippen molar-refractivity contribution in [2.75, 3.05) is 11.9 Å². The molecule has 3 N–H and O–H groups in total. The lowest BCUT2D eigenvalue weighted by Crippen LogP contribution is -2.39. The zero-order valence-corrected chi connectivity index (χ0v) is 14.8. The number of carbonyl (C=O) groups is 2. The number of fused-ring (bicyclic) bond motifs is 1. The Labute approximate surface area is 153 Å². The summed E-state index contributed by atoms with van der Waals surface area (Å²) >= 11 is 1.38. The number of amides is 3. The lowest BCUT2D eigenvalue weighted by molar-refractivity contribution is -0.115. The van der Waals surface area contributed by atoms with Gasteiger partial charge in [0.05, 0.1) is 16.8 Å². The summed E-state index contributed by atoms with van der Waals surface area (Å²) in [7, 11) is 0. The minimum Gasteiger partial charge on any atom is -0.334 e. The quantitative estimate of drug-likeness (QED) is 0.643. The van der Waals surface area contributed by atoms with Crippen molar-refractivity contribution in [1.82, 2.24) is 15.6 Å². The SMILES string of the molecule is Cc1ccc2nc(NC(=O)CNC(=O)NCc3ccc(F)cc3)sc2c1. The van der Waals surface area contributed by atoms with Crippen molar-refractivity contribution >= 4 is 38.6 Å². The van der Waals surface area contributed by atoms with E-state index in [1.807, 2.05) is 25.1 Å². The van der Waals surface area contributed by atoms with Gasteiger partial charge in [-0.15, -0.1) is 0 Å². The normalized spacial score (nSPS) is 10.5. The number of aromatic nitrogens is 1. The molecule has 6 nitrogen and oxygen atoms in total. The summed E-state index contributed by atoms with van der Waals surface area (Å²) in [6, 6.07) is 11.2. The lowest BCUT2D eigenvalue weighted by atomic mass is 10.2. The van der Waals surface area contributed by atoms with Gasteiger partial charge in [-0.2, -0.15) is 0 Å². The highest BCUT2D eigenvalue weighted by Gasteiger charge is 2.09. The molecule has 0 spiro atoms. The van der Waals surface area contributed by atoms with E-state index < -0.39 is 6.03 Å². The molecular formula is C18H17FN4O2S. The van der Waals surface area contributed by atoms with Crippen LogP contribution in [0.25, 0.3) is 10.2 Å². The first-order valence-electron chi connectivity index (χ1n) is 7.93. The molecule has 0 atom stereocenters. The largest absolute Gasteiger partial charge is 0.334 e. The molecule has 0 bridgehead atoms. The summed E-state index contributed by atoms with van der Waals surface area (Å²) in [6.07, 6.45) is 0. The minimum absolute atomic E-state index is 0.176. The summed E-state index contributed by atoms with van der Waals surface area (Å²) < 4.78 is 13.8. The Morgan fingerprint density at radius 2 is 1.88 bits per heavy atom. The maximum absolute atomic E-state index is 12.8. The number of hydrogen-bond donors (Lipinski definition) is 3. The monoisotopic (exact) mass is 372 g/mol. The van der Waals surface area contributed by atoms with E-state index in [-0.39, 0.29) is 24.8 Å². The standard InChI is InChI=1S/C18H17FN4O2S/c1-11-2-7-14-15(8-11)26-18(22-14)23-16(24)10-21-17(25)20-9-12-3-5-13(19)6-4-12/h2-8H,9-10H2,1H3,(H2,20,21,25)(H,22,23,24). The van der Waals surface area contributed by atoms with Crippen LogP contribution in [0.5, 0.6) is 0 Å². The van der Waals surface area contributed by atoms with Crippen molar-refractivity contribution in [1.29, 1.82) is 0 Å². The summed E-state index contributed by atoms with van der Waals surface area (Å²) in [4.78, 5) is 28.0. The van der Waals surface area contributed by atoms with Crippen LogP contribution in [-0.2, 0) is 11.3 Å². The zero-order chi connectivity index (χ0) is 18.5. The van der Waals surface area contributed by atoms with Crippen molar-refractivity contribution in [3.8, 4) is 0 Å². The number of thiazole rings is 1. The third kappa shape index (κ3) is 4.76. The molecule has 0 saturated carbocycles. The molecule has 0 aliphatic heterocycles. The Morgan fingerprint density at radius 3 is 2.65 bits per heavy atom. The van der Waals surface area contributed by atoms with E-state index in [1.165, 1.54) is 23.5 Å². The molecule has 1 aromatic heterocycles. The molecular weight excluding hydrogens is 355 g/mol. The predicted molar refractivity (Wildman–Crippen MR) is 99.6 cm³/mol. The van der Waals surface area contributed by atoms with Gasteiger partial charge in [0.1, 0.15) is 5.82 Å². The smallest absolute Gasteiger partial charge is 0.315 e. The fourth-order valence-corrected chi connectivity index (χ4v) is 3.24. The van der Waals surface area contributed by atoms with E-state index in [4.69, 9.17) is 0 Å². The fourth-order valence-electron chi connectivity index (χ4n) is 2.26. The summed E-state index contributed by atoms with van der Waals surface area (Å²) in [6.45, 7) is 2.06. The van der Waals surface area contributed by atoms with Crippen LogP contribution < -0.4 is 16.0 Å². The van der Waals surface area contributed by atoms with E-state index in [0.29, 0.717) is 5.13 Å². The van der Waals surface area contributed by atoms with E-state index in [2.05, 4.69) is 20.9 Å². The predicted octanol–water partition coefficient (Wildman–Crippen LogP) is 3.18. The molecule has 0 radical (unpaired) electrons. The Balaban J connectivity index is 1.45. The highest BCUT2D eigenvalue weighted by Crippen LogP contribution is 2.26. The molecule has 3 rings (SSSR count). The van der Waals surface area contributed by atoms with Crippen LogP contribution in [0.3, 0.4) is 0 Å². The minimum atomic E-state index is -0.482. The Hall–Kier alpha value is -3.00. The molecule has 26 heavy (non-hydrogen) atoms. The number of aryl methyl sites for hydroxylation is 1. The molecule has 3 aromatic rings. The molecule has 0 aliphatic rings. The maximum Gasteiger partial charge on any atom is 0.315 e. The zero-order valence-electron chi connectivity index (χ0n) is 14.0. The third-order valence-electron chi connectivity index (χ3n) is 3.57. The first-order valence-corrected chi connectivity index (χ1v) is 8.74. The van der Waals surface area contributed by atoms with Crippen LogP contribution in [0.4, 0.5) is 14.3 Å². The fraction of sp³-hybridized carbons (Fsp3) is 0.167. The van der Waals surface area contributed by atoms with Gasteiger partial charge in [0.15, 0.2) is 5.13 Å². The van der Waals surface area contributed by atoms with Gasteiger partial charge < -0.3 is 16.0 Å². The highest BCUT2D eigenvalue weighted by molar-refractivity contribution is 7.22. The van der Waals surface area contributed by atoms with Gasteiger partial charge in [-0.25, -0.2) is 14.2 Å². The van der Waals surface area contributed by atoms with Crippen LogP contribution in [0.1, 0.15) is 11.1 Å². The van der Waals surface area contributed by atoms with Crippen molar-refractivity contribution in [2.45, 2.75) is 13.5 Å². The van der Waals surface area contributed by atoms with Crippen molar-refractivity contribution < 1.29 is 14.0 Å². The van der Waals surface area contributed by atoms with Gasteiger partial charge in [0, 0.05) is 6.54 Å². The van der Waals surface area contributed by atoms with Gasteiger partial charge in [0.25, 0.3) is 0 Å². The average Bonchev–Trinajstić information content (AvgIpc) is 3.00. The summed E-state index contributed by atoms with van der Waals surface area (Å²) in [5.74, 6) is -0.697. The van der Waals surface area contributed by atoms with Crippen molar-refractivity contribution in [2.24, 2.45) is 0 Å². The average molecular weight is 372 g/mol. The summed E-state index contributed by atoms with van der Waals surface area (Å²) in [5.41, 5.74) is 2.70. The van der Waals surface area contributed by atoms with E-state index in [0.717, 1.165) is 21.3 Å². The number of anilines is 1. The second-order valence-corrected chi connectivity index (χ2v) is 6.73. The van der Waals surface area contributed by atoms with Gasteiger partial charge in [0.2, 0.25) is 5.91 Å². The first kappa shape index (κ1) is 17.8. The van der Waals surface area contributed by atoms with E-state index in [1.54, 1.807) is 12.1 Å². The molecule has 0 fully saturated rings. The molecule has 0 saturated heterocycles. The van der Waals surface area contributed by atoms with Gasteiger partial charge in [-0.1, -0.05) is 29.5 Å². The van der Waals surface area contributed by atoms with Crippen LogP contribution in [0.2, 0.25) is 0 Å². The van der Waals surface area contributed by atoms with E-state index in [9.17, 15) is 14.0 Å². The molecule has 0 aliphatic carbocycles. The van der Waals surface area contributed by atoms with Crippen molar-refractivity contribution in [3.05, 3.63) is 59.4 Å². The second kappa shape index (κ2) is 7.92. The van der Waals surface area contributed by atoms with Gasteiger partial charge in [-0.05, 0) is 42.3 Å². The molecule has 1 heterocycles. The molecule has 8 heteroatoms. The van der Waals surface area contributed by atoms with Crippen LogP contribution in [-0.4, -0.2) is 23.5 Å². The van der Waals surface area contributed by atoms with Crippen molar-refractivity contribution in [3.63, 3.8) is 0 Å². The lowest BCUT2D eigenvalue weighted by Gasteiger charge is -2.07. The van der Waals surface area contributed by atoms with Crippen LogP contribution in [0, 0.1) is 12.7 Å². The van der Waals surface area contributed by atoms with E-state index >= 15 is 0 Å². The number of nitrogens with one attached hydrogen (secondary N) is 3. The number of carbonyl (C=O) groups excluding carboxylic acids is 2. The Kier molecular flexibility index (Phi) is 5.43. The van der Waals surface area contributed by atoms with Gasteiger partial charge in [-0.3, -0.25) is 4.79 Å². The van der Waals surface area contributed by atoms with Crippen LogP contribution in [0.15, 0.2) is 42.5 Å². The second-order valence-electron chi connectivity index (χ2n) is 5.70. The number of hydrogen-bond acceptors (Lipinski definition) is 4.